The number of aromatic nitrogens is 2. The summed E-state index contributed by atoms with van der Waals surface area (Å²) in [6, 6.07) is 10.0. The molecule has 0 saturated carbocycles. The SMILES string of the molecule is CCNC(=NCc1ccn[nH]1)NCC(O)c1ccc(C(C)(C)C)cc1.I. The largest absolute Gasteiger partial charge is 0.387 e. The summed E-state index contributed by atoms with van der Waals surface area (Å²) in [6.07, 6.45) is 1.11. The molecule has 0 aliphatic carbocycles. The zero-order valence-corrected chi connectivity index (χ0v) is 18.2. The summed E-state index contributed by atoms with van der Waals surface area (Å²) in [6.45, 7) is 10.2. The highest BCUT2D eigenvalue weighted by Gasteiger charge is 2.14. The molecule has 0 radical (unpaired) electrons. The van der Waals surface area contributed by atoms with Gasteiger partial charge in [0.15, 0.2) is 5.96 Å². The second-order valence-electron chi connectivity index (χ2n) is 7.05. The molecule has 6 nitrogen and oxygen atoms in total. The highest BCUT2D eigenvalue weighted by Crippen LogP contribution is 2.23. The van der Waals surface area contributed by atoms with E-state index in [1.807, 2.05) is 25.1 Å². The standard InChI is InChI=1S/C19H29N5O.HI/c1-5-20-18(21-12-16-10-11-23-24-16)22-13-17(25)14-6-8-15(9-7-14)19(2,3)4;/h6-11,17,25H,5,12-13H2,1-4H3,(H,23,24)(H2,20,21,22);1H. The maximum absolute atomic E-state index is 10.4. The molecule has 0 spiro atoms. The lowest BCUT2D eigenvalue weighted by atomic mass is 9.86. The lowest BCUT2D eigenvalue weighted by Gasteiger charge is -2.20. The van der Waals surface area contributed by atoms with Gasteiger partial charge in [0.1, 0.15) is 0 Å². The molecule has 1 atom stereocenters. The van der Waals surface area contributed by atoms with E-state index >= 15 is 0 Å². The Morgan fingerprint density at radius 2 is 1.88 bits per heavy atom. The molecule has 0 bridgehead atoms. The van der Waals surface area contributed by atoms with Crippen LogP contribution >= 0.6 is 24.0 Å². The molecule has 2 aromatic rings. The molecule has 1 aromatic heterocycles. The third-order valence-electron chi connectivity index (χ3n) is 3.93. The van der Waals surface area contributed by atoms with Crippen molar-refractivity contribution >= 4 is 29.9 Å². The predicted molar refractivity (Wildman–Crippen MR) is 117 cm³/mol. The van der Waals surface area contributed by atoms with E-state index in [4.69, 9.17) is 0 Å². The number of hydrogen-bond acceptors (Lipinski definition) is 3. The van der Waals surface area contributed by atoms with Gasteiger partial charge in [-0.3, -0.25) is 5.10 Å². The summed E-state index contributed by atoms with van der Waals surface area (Å²) in [5.74, 6) is 0.669. The van der Waals surface area contributed by atoms with Gasteiger partial charge in [0.05, 0.1) is 18.3 Å². The monoisotopic (exact) mass is 471 g/mol. The predicted octanol–water partition coefficient (Wildman–Crippen LogP) is 3.11. The van der Waals surface area contributed by atoms with Crippen LogP contribution in [0.25, 0.3) is 0 Å². The minimum Gasteiger partial charge on any atom is -0.387 e. The van der Waals surface area contributed by atoms with Crippen LogP contribution in [0.15, 0.2) is 41.5 Å². The first-order chi connectivity index (χ1) is 11.9. The molecule has 0 aliphatic heterocycles. The van der Waals surface area contributed by atoms with Gasteiger partial charge in [-0.15, -0.1) is 24.0 Å². The molecule has 0 saturated heterocycles. The Kier molecular flexibility index (Phi) is 9.07. The summed E-state index contributed by atoms with van der Waals surface area (Å²) in [5, 5.41) is 23.6. The second-order valence-corrected chi connectivity index (χ2v) is 7.05. The van der Waals surface area contributed by atoms with E-state index in [0.717, 1.165) is 17.8 Å². The maximum atomic E-state index is 10.4. The first kappa shape index (κ1) is 22.4. The number of nitrogens with one attached hydrogen (secondary N) is 3. The lowest BCUT2D eigenvalue weighted by molar-refractivity contribution is 0.181. The molecule has 1 unspecified atom stereocenters. The van der Waals surface area contributed by atoms with Gasteiger partial charge in [0.25, 0.3) is 0 Å². The highest BCUT2D eigenvalue weighted by molar-refractivity contribution is 14.0. The zero-order valence-electron chi connectivity index (χ0n) is 15.9. The smallest absolute Gasteiger partial charge is 0.191 e. The van der Waals surface area contributed by atoms with E-state index in [1.165, 1.54) is 5.56 Å². The lowest BCUT2D eigenvalue weighted by Crippen LogP contribution is -2.39. The minimum atomic E-state index is -0.593. The number of aliphatic hydroxyl groups is 1. The fourth-order valence-electron chi connectivity index (χ4n) is 2.40. The number of aliphatic imine (C=N–C) groups is 1. The molecule has 26 heavy (non-hydrogen) atoms. The Bertz CT molecular complexity index is 662. The van der Waals surface area contributed by atoms with Crippen LogP contribution < -0.4 is 10.6 Å². The van der Waals surface area contributed by atoms with E-state index in [0.29, 0.717) is 19.0 Å². The van der Waals surface area contributed by atoms with Crippen molar-refractivity contribution in [1.29, 1.82) is 0 Å². The van der Waals surface area contributed by atoms with Gasteiger partial charge < -0.3 is 15.7 Å². The minimum absolute atomic E-state index is 0. The molecule has 4 N–H and O–H groups in total. The molecular formula is C19H30IN5O. The number of halogens is 1. The van der Waals surface area contributed by atoms with Crippen molar-refractivity contribution in [3.8, 4) is 0 Å². The van der Waals surface area contributed by atoms with Crippen molar-refractivity contribution < 1.29 is 5.11 Å². The van der Waals surface area contributed by atoms with Crippen molar-refractivity contribution in [2.45, 2.75) is 45.8 Å². The fourth-order valence-corrected chi connectivity index (χ4v) is 2.40. The van der Waals surface area contributed by atoms with E-state index < -0.39 is 6.10 Å². The third kappa shape index (κ3) is 6.95. The topological polar surface area (TPSA) is 85.3 Å². The first-order valence-corrected chi connectivity index (χ1v) is 8.69. The normalized spacial score (nSPS) is 13.0. The number of guanidine groups is 1. The summed E-state index contributed by atoms with van der Waals surface area (Å²) in [5.41, 5.74) is 3.20. The maximum Gasteiger partial charge on any atom is 0.191 e. The molecule has 0 amide bonds. The molecule has 1 aromatic carbocycles. The Morgan fingerprint density at radius 1 is 1.19 bits per heavy atom. The van der Waals surface area contributed by atoms with E-state index in [1.54, 1.807) is 6.20 Å². The highest BCUT2D eigenvalue weighted by atomic mass is 127. The van der Waals surface area contributed by atoms with E-state index in [2.05, 4.69) is 58.7 Å². The van der Waals surface area contributed by atoms with Crippen LogP contribution in [0.2, 0.25) is 0 Å². The molecule has 0 aliphatic rings. The Balaban J connectivity index is 0.00000338. The van der Waals surface area contributed by atoms with Gasteiger partial charge in [-0.25, -0.2) is 4.99 Å². The summed E-state index contributed by atoms with van der Waals surface area (Å²) in [7, 11) is 0. The van der Waals surface area contributed by atoms with Crippen LogP contribution in [0.1, 0.15) is 50.6 Å². The third-order valence-corrected chi connectivity index (χ3v) is 3.93. The zero-order chi connectivity index (χ0) is 18.3. The van der Waals surface area contributed by atoms with Crippen LogP contribution in [0, 0.1) is 0 Å². The van der Waals surface area contributed by atoms with Gasteiger partial charge >= 0.3 is 0 Å². The van der Waals surface area contributed by atoms with Crippen molar-refractivity contribution in [3.63, 3.8) is 0 Å². The quantitative estimate of drug-likeness (QED) is 0.296. The average Bonchev–Trinajstić information content (AvgIpc) is 3.10. The summed E-state index contributed by atoms with van der Waals surface area (Å²) in [4.78, 5) is 4.48. The number of aromatic amines is 1. The molecule has 7 heteroatoms. The number of aliphatic hydroxyl groups excluding tert-OH is 1. The van der Waals surface area contributed by atoms with Crippen molar-refractivity contribution in [2.75, 3.05) is 13.1 Å². The van der Waals surface area contributed by atoms with Gasteiger partial charge in [-0.2, -0.15) is 5.10 Å². The van der Waals surface area contributed by atoms with E-state index in [9.17, 15) is 5.11 Å². The number of hydrogen-bond donors (Lipinski definition) is 4. The van der Waals surface area contributed by atoms with Crippen LogP contribution in [0.4, 0.5) is 0 Å². The molecular weight excluding hydrogens is 441 g/mol. The molecule has 1 heterocycles. The van der Waals surface area contributed by atoms with Crippen LogP contribution in [-0.2, 0) is 12.0 Å². The van der Waals surface area contributed by atoms with Crippen LogP contribution in [-0.4, -0.2) is 34.4 Å². The Hall–Kier alpha value is -1.61. The Morgan fingerprint density at radius 3 is 2.42 bits per heavy atom. The van der Waals surface area contributed by atoms with Crippen molar-refractivity contribution in [1.82, 2.24) is 20.8 Å². The summed E-state index contributed by atoms with van der Waals surface area (Å²) < 4.78 is 0. The van der Waals surface area contributed by atoms with E-state index in [-0.39, 0.29) is 29.4 Å². The van der Waals surface area contributed by atoms with Crippen LogP contribution in [0.5, 0.6) is 0 Å². The van der Waals surface area contributed by atoms with Crippen molar-refractivity contribution in [3.05, 3.63) is 53.3 Å². The molecule has 144 valence electrons. The van der Waals surface area contributed by atoms with Gasteiger partial charge in [-0.1, -0.05) is 45.0 Å². The average molecular weight is 471 g/mol. The first-order valence-electron chi connectivity index (χ1n) is 8.69. The van der Waals surface area contributed by atoms with Crippen molar-refractivity contribution in [2.24, 2.45) is 4.99 Å². The molecule has 2 rings (SSSR count). The van der Waals surface area contributed by atoms with Gasteiger partial charge in [0.2, 0.25) is 0 Å². The van der Waals surface area contributed by atoms with Gasteiger partial charge in [0, 0.05) is 19.3 Å². The number of nitrogens with zero attached hydrogens (tertiary/aromatic N) is 2. The summed E-state index contributed by atoms with van der Waals surface area (Å²) >= 11 is 0. The number of benzene rings is 1. The van der Waals surface area contributed by atoms with Crippen LogP contribution in [0.3, 0.4) is 0 Å². The van der Waals surface area contributed by atoms with Gasteiger partial charge in [-0.05, 0) is 29.5 Å². The number of H-pyrrole nitrogens is 1. The number of rotatable bonds is 6. The second kappa shape index (κ2) is 10.5. The molecule has 0 fully saturated rings. The fraction of sp³-hybridized carbons (Fsp3) is 0.474. The Labute approximate surface area is 172 Å².